The SMILES string of the molecule is Cc1ccc(CNC(CC(C)C)C(=O)O)cc1Cl. The molecule has 0 aliphatic heterocycles. The van der Waals surface area contributed by atoms with Crippen LogP contribution in [-0.2, 0) is 11.3 Å². The lowest BCUT2D eigenvalue weighted by atomic mass is 10.0. The van der Waals surface area contributed by atoms with Crippen LogP contribution in [0.25, 0.3) is 0 Å². The van der Waals surface area contributed by atoms with E-state index in [2.05, 4.69) is 5.32 Å². The van der Waals surface area contributed by atoms with Crippen LogP contribution in [0.4, 0.5) is 0 Å². The third-order valence-corrected chi connectivity index (χ3v) is 3.20. The van der Waals surface area contributed by atoms with Gasteiger partial charge in [0.25, 0.3) is 0 Å². The average Bonchev–Trinajstić information content (AvgIpc) is 2.28. The first-order valence-corrected chi connectivity index (χ1v) is 6.49. The van der Waals surface area contributed by atoms with Crippen LogP contribution in [0.2, 0.25) is 5.02 Å². The fourth-order valence-corrected chi connectivity index (χ4v) is 1.93. The average molecular weight is 270 g/mol. The number of carboxylic acids is 1. The van der Waals surface area contributed by atoms with E-state index in [4.69, 9.17) is 16.7 Å². The highest BCUT2D eigenvalue weighted by molar-refractivity contribution is 6.31. The lowest BCUT2D eigenvalue weighted by Crippen LogP contribution is -2.37. The number of aryl methyl sites for hydroxylation is 1. The molecule has 1 rings (SSSR count). The van der Waals surface area contributed by atoms with Gasteiger partial charge in [-0.15, -0.1) is 0 Å². The Kier molecular flexibility index (Phi) is 5.63. The van der Waals surface area contributed by atoms with Gasteiger partial charge in [0.15, 0.2) is 0 Å². The largest absolute Gasteiger partial charge is 0.480 e. The highest BCUT2D eigenvalue weighted by Gasteiger charge is 2.17. The Labute approximate surface area is 113 Å². The van der Waals surface area contributed by atoms with Crippen molar-refractivity contribution in [3.05, 3.63) is 34.3 Å². The van der Waals surface area contributed by atoms with Gasteiger partial charge < -0.3 is 10.4 Å². The van der Waals surface area contributed by atoms with Crippen LogP contribution in [0, 0.1) is 12.8 Å². The number of carbonyl (C=O) groups is 1. The molecule has 100 valence electrons. The van der Waals surface area contributed by atoms with Gasteiger partial charge in [-0.3, -0.25) is 4.79 Å². The molecule has 0 amide bonds. The summed E-state index contributed by atoms with van der Waals surface area (Å²) in [5, 5.41) is 12.9. The van der Waals surface area contributed by atoms with Crippen LogP contribution in [0.1, 0.15) is 31.4 Å². The number of hydrogen-bond acceptors (Lipinski definition) is 2. The minimum atomic E-state index is -0.804. The predicted octanol–water partition coefficient (Wildman–Crippen LogP) is 3.24. The van der Waals surface area contributed by atoms with Crippen LogP contribution in [-0.4, -0.2) is 17.1 Å². The molecular formula is C14H20ClNO2. The van der Waals surface area contributed by atoms with Gasteiger partial charge in [0.05, 0.1) is 0 Å². The van der Waals surface area contributed by atoms with E-state index in [1.54, 1.807) is 0 Å². The fourth-order valence-electron chi connectivity index (χ4n) is 1.73. The smallest absolute Gasteiger partial charge is 0.320 e. The molecule has 1 aromatic carbocycles. The van der Waals surface area contributed by atoms with Gasteiger partial charge in [-0.05, 0) is 36.5 Å². The zero-order valence-corrected chi connectivity index (χ0v) is 11.8. The van der Waals surface area contributed by atoms with Crippen molar-refractivity contribution >= 4 is 17.6 Å². The molecule has 0 saturated carbocycles. The quantitative estimate of drug-likeness (QED) is 0.834. The molecule has 0 spiro atoms. The second-order valence-electron chi connectivity index (χ2n) is 4.98. The third-order valence-electron chi connectivity index (χ3n) is 2.79. The van der Waals surface area contributed by atoms with Crippen LogP contribution in [0.5, 0.6) is 0 Å². The number of nitrogens with one attached hydrogen (secondary N) is 1. The number of rotatable bonds is 6. The summed E-state index contributed by atoms with van der Waals surface area (Å²) in [7, 11) is 0. The molecule has 0 aromatic heterocycles. The lowest BCUT2D eigenvalue weighted by molar-refractivity contribution is -0.140. The van der Waals surface area contributed by atoms with Crippen LogP contribution < -0.4 is 5.32 Å². The summed E-state index contributed by atoms with van der Waals surface area (Å²) < 4.78 is 0. The molecule has 0 heterocycles. The first-order chi connectivity index (χ1) is 8.40. The molecule has 1 atom stereocenters. The Morgan fingerprint density at radius 2 is 2.11 bits per heavy atom. The predicted molar refractivity (Wildman–Crippen MR) is 73.9 cm³/mol. The van der Waals surface area contributed by atoms with Crippen molar-refractivity contribution in [1.29, 1.82) is 0 Å². The highest BCUT2D eigenvalue weighted by atomic mass is 35.5. The fraction of sp³-hybridized carbons (Fsp3) is 0.500. The second kappa shape index (κ2) is 6.76. The maximum Gasteiger partial charge on any atom is 0.320 e. The van der Waals surface area contributed by atoms with Crippen LogP contribution >= 0.6 is 11.6 Å². The van der Waals surface area contributed by atoms with Gasteiger partial charge in [0, 0.05) is 11.6 Å². The Balaban J connectivity index is 2.61. The van der Waals surface area contributed by atoms with Gasteiger partial charge in [-0.1, -0.05) is 37.6 Å². The molecule has 0 saturated heterocycles. The number of benzene rings is 1. The third kappa shape index (κ3) is 4.67. The lowest BCUT2D eigenvalue weighted by Gasteiger charge is -2.16. The van der Waals surface area contributed by atoms with Crippen molar-refractivity contribution in [3.63, 3.8) is 0 Å². The minimum absolute atomic E-state index is 0.347. The normalized spacial score (nSPS) is 12.7. The summed E-state index contributed by atoms with van der Waals surface area (Å²) in [6.45, 7) is 6.49. The first-order valence-electron chi connectivity index (χ1n) is 6.11. The number of hydrogen-bond donors (Lipinski definition) is 2. The highest BCUT2D eigenvalue weighted by Crippen LogP contribution is 2.17. The van der Waals surface area contributed by atoms with Crippen molar-refractivity contribution in [1.82, 2.24) is 5.32 Å². The summed E-state index contributed by atoms with van der Waals surface area (Å²) in [6.07, 6.45) is 0.620. The Morgan fingerprint density at radius 3 is 2.61 bits per heavy atom. The monoisotopic (exact) mass is 269 g/mol. The molecule has 0 aliphatic carbocycles. The van der Waals surface area contributed by atoms with Crippen LogP contribution in [0.15, 0.2) is 18.2 Å². The zero-order chi connectivity index (χ0) is 13.7. The number of halogens is 1. The summed E-state index contributed by atoms with van der Waals surface area (Å²) in [4.78, 5) is 11.1. The Morgan fingerprint density at radius 1 is 1.44 bits per heavy atom. The summed E-state index contributed by atoms with van der Waals surface area (Å²) >= 11 is 6.03. The first kappa shape index (κ1) is 15.0. The van der Waals surface area contributed by atoms with Gasteiger partial charge in [-0.2, -0.15) is 0 Å². The Hall–Kier alpha value is -1.06. The van der Waals surface area contributed by atoms with Crippen molar-refractivity contribution in [3.8, 4) is 0 Å². The van der Waals surface area contributed by atoms with E-state index >= 15 is 0 Å². The summed E-state index contributed by atoms with van der Waals surface area (Å²) in [5.41, 5.74) is 2.03. The van der Waals surface area contributed by atoms with E-state index in [0.717, 1.165) is 11.1 Å². The van der Waals surface area contributed by atoms with E-state index in [1.165, 1.54) is 0 Å². The minimum Gasteiger partial charge on any atom is -0.480 e. The van der Waals surface area contributed by atoms with Crippen molar-refractivity contribution in [2.24, 2.45) is 5.92 Å². The zero-order valence-electron chi connectivity index (χ0n) is 11.0. The number of aliphatic carboxylic acids is 1. The Bertz CT molecular complexity index is 418. The van der Waals surface area contributed by atoms with E-state index in [0.29, 0.717) is 23.9 Å². The second-order valence-corrected chi connectivity index (χ2v) is 5.39. The maximum absolute atomic E-state index is 11.1. The van der Waals surface area contributed by atoms with Gasteiger partial charge >= 0.3 is 5.97 Å². The van der Waals surface area contributed by atoms with E-state index < -0.39 is 12.0 Å². The maximum atomic E-state index is 11.1. The van der Waals surface area contributed by atoms with E-state index in [9.17, 15) is 4.79 Å². The molecule has 3 nitrogen and oxygen atoms in total. The molecule has 2 N–H and O–H groups in total. The van der Waals surface area contributed by atoms with Gasteiger partial charge in [0.1, 0.15) is 6.04 Å². The van der Waals surface area contributed by atoms with Gasteiger partial charge in [0.2, 0.25) is 0 Å². The molecule has 0 bridgehead atoms. The topological polar surface area (TPSA) is 49.3 Å². The van der Waals surface area contributed by atoms with E-state index in [1.807, 2.05) is 39.0 Å². The summed E-state index contributed by atoms with van der Waals surface area (Å²) in [5.74, 6) is -0.456. The van der Waals surface area contributed by atoms with Crippen molar-refractivity contribution < 1.29 is 9.90 Å². The van der Waals surface area contributed by atoms with Gasteiger partial charge in [-0.25, -0.2) is 0 Å². The molecule has 0 radical (unpaired) electrons. The molecule has 1 aromatic rings. The summed E-state index contributed by atoms with van der Waals surface area (Å²) in [6, 6.07) is 5.27. The van der Waals surface area contributed by atoms with E-state index in [-0.39, 0.29) is 0 Å². The molecule has 0 aliphatic rings. The van der Waals surface area contributed by atoms with Crippen LogP contribution in [0.3, 0.4) is 0 Å². The molecular weight excluding hydrogens is 250 g/mol. The standard InChI is InChI=1S/C14H20ClNO2/c1-9(2)6-13(14(17)18)16-8-11-5-4-10(3)12(15)7-11/h4-5,7,9,13,16H,6,8H2,1-3H3,(H,17,18). The molecule has 4 heteroatoms. The van der Waals surface area contributed by atoms with Crippen molar-refractivity contribution in [2.75, 3.05) is 0 Å². The molecule has 18 heavy (non-hydrogen) atoms. The number of carboxylic acid groups (broad SMARTS) is 1. The van der Waals surface area contributed by atoms with Crippen molar-refractivity contribution in [2.45, 2.75) is 39.8 Å². The molecule has 1 unspecified atom stereocenters. The molecule has 0 fully saturated rings.